The quantitative estimate of drug-likeness (QED) is 0.896. The molecule has 0 bridgehead atoms. The van der Waals surface area contributed by atoms with Crippen molar-refractivity contribution in [1.29, 1.82) is 0 Å². The first-order valence-electron chi connectivity index (χ1n) is 5.78. The lowest BCUT2D eigenvalue weighted by molar-refractivity contribution is 0.589. The fraction of sp³-hybridized carbons (Fsp3) is 0.538. The van der Waals surface area contributed by atoms with Crippen LogP contribution in [-0.2, 0) is 11.0 Å². The van der Waals surface area contributed by atoms with E-state index in [0.717, 1.165) is 12.0 Å². The Morgan fingerprint density at radius 3 is 2.44 bits per heavy atom. The Balaban J connectivity index is 0.00000289. The van der Waals surface area contributed by atoms with Crippen molar-refractivity contribution in [1.82, 2.24) is 4.72 Å². The van der Waals surface area contributed by atoms with E-state index >= 15 is 0 Å². The molecule has 0 aliphatic carbocycles. The van der Waals surface area contributed by atoms with Crippen LogP contribution in [0.2, 0.25) is 5.02 Å². The summed E-state index contributed by atoms with van der Waals surface area (Å²) in [5, 5.41) is 0.712. The number of benzene rings is 1. The molecule has 1 aromatic carbocycles. The molecule has 0 heterocycles. The van der Waals surface area contributed by atoms with Gasteiger partial charge in [-0.15, -0.1) is 0 Å². The molecule has 1 aromatic rings. The Bertz CT molecular complexity index is 404. The molecule has 1 N–H and O–H groups in total. The average Bonchev–Trinajstić information content (AvgIpc) is 2.24. The lowest BCUT2D eigenvalue weighted by Crippen LogP contribution is -2.35. The zero-order valence-electron chi connectivity index (χ0n) is 11.3. The molecular weight excluding hydrogens is 286 g/mol. The molecule has 0 aliphatic heterocycles. The molecule has 2 nitrogen and oxygen atoms in total. The topological polar surface area (TPSA) is 29.1 Å². The normalized spacial score (nSPS) is 14.7. The maximum absolute atomic E-state index is 12.1. The van der Waals surface area contributed by atoms with Gasteiger partial charge in [-0.25, -0.2) is 8.93 Å². The van der Waals surface area contributed by atoms with Crippen molar-refractivity contribution in [3.8, 4) is 0 Å². The van der Waals surface area contributed by atoms with Gasteiger partial charge in [0.2, 0.25) is 0 Å². The summed E-state index contributed by atoms with van der Waals surface area (Å²) in [5.74, 6) is 0. The van der Waals surface area contributed by atoms with Crippen LogP contribution < -0.4 is 4.72 Å². The molecule has 0 aromatic heterocycles. The van der Waals surface area contributed by atoms with Gasteiger partial charge in [0.1, 0.15) is 0 Å². The number of nitrogens with one attached hydrogen (secondary N) is 1. The van der Waals surface area contributed by atoms with Crippen molar-refractivity contribution in [2.24, 2.45) is 0 Å². The van der Waals surface area contributed by atoms with Gasteiger partial charge in [-0.2, -0.15) is 13.5 Å². The first kappa shape index (κ1) is 18.0. The fourth-order valence-electron chi connectivity index (χ4n) is 1.42. The highest BCUT2D eigenvalue weighted by Crippen LogP contribution is 2.22. The third-order valence-electron chi connectivity index (χ3n) is 2.46. The molecule has 2 atom stereocenters. The molecule has 0 saturated heterocycles. The van der Waals surface area contributed by atoms with Crippen molar-refractivity contribution < 1.29 is 4.21 Å². The van der Waals surface area contributed by atoms with Gasteiger partial charge in [0.05, 0.1) is 15.7 Å². The predicted octanol–water partition coefficient (Wildman–Crippen LogP) is 3.96. The lowest BCUT2D eigenvalue weighted by atomic mass is 10.1. The van der Waals surface area contributed by atoms with Crippen molar-refractivity contribution in [3.05, 3.63) is 34.9 Å². The number of rotatable bonds is 4. The minimum Gasteiger partial charge on any atom is -0.242 e. The van der Waals surface area contributed by atoms with Crippen LogP contribution in [0.15, 0.2) is 24.3 Å². The first-order valence-corrected chi connectivity index (χ1v) is 7.31. The molecule has 1 unspecified atom stereocenters. The van der Waals surface area contributed by atoms with E-state index in [1.165, 1.54) is 0 Å². The second-order valence-electron chi connectivity index (χ2n) is 5.01. The lowest BCUT2D eigenvalue weighted by Gasteiger charge is -2.23. The third kappa shape index (κ3) is 5.31. The van der Waals surface area contributed by atoms with E-state index in [1.54, 1.807) is 0 Å². The summed E-state index contributed by atoms with van der Waals surface area (Å²) in [6.45, 7) is 7.95. The standard InChI is InChI=1S/C13H20ClNOS.H2S/c1-5-12(15-17(16)13(2,3)4)10-7-6-8-11(14)9-10;/h6-9,12,15H,5H2,1-4H3;1H2/t12-,17?;/m0./s1. The van der Waals surface area contributed by atoms with Crippen LogP contribution >= 0.6 is 25.1 Å². The molecule has 0 radical (unpaired) electrons. The third-order valence-corrected chi connectivity index (χ3v) is 4.31. The summed E-state index contributed by atoms with van der Waals surface area (Å²) in [6.07, 6.45) is 0.877. The van der Waals surface area contributed by atoms with E-state index in [2.05, 4.69) is 11.6 Å². The monoisotopic (exact) mass is 307 g/mol. The van der Waals surface area contributed by atoms with Crippen LogP contribution in [-0.4, -0.2) is 8.96 Å². The molecule has 0 saturated carbocycles. The SMILES string of the molecule is CC[C@H](NS(=O)C(C)(C)C)c1cccc(Cl)c1.S. The van der Waals surface area contributed by atoms with Crippen LogP contribution in [0.25, 0.3) is 0 Å². The smallest absolute Gasteiger partial charge is 0.0975 e. The van der Waals surface area contributed by atoms with Crippen LogP contribution in [0.1, 0.15) is 45.7 Å². The van der Waals surface area contributed by atoms with Gasteiger partial charge in [-0.1, -0.05) is 30.7 Å². The highest BCUT2D eigenvalue weighted by atomic mass is 35.5. The maximum Gasteiger partial charge on any atom is 0.0975 e. The van der Waals surface area contributed by atoms with Gasteiger partial charge >= 0.3 is 0 Å². The minimum atomic E-state index is -1.07. The predicted molar refractivity (Wildman–Crippen MR) is 85.9 cm³/mol. The summed E-state index contributed by atoms with van der Waals surface area (Å²) >= 11 is 5.97. The van der Waals surface area contributed by atoms with Gasteiger partial charge in [0, 0.05) is 11.1 Å². The summed E-state index contributed by atoms with van der Waals surface area (Å²) in [4.78, 5) is 0. The van der Waals surface area contributed by atoms with Crippen LogP contribution in [0.5, 0.6) is 0 Å². The Hall–Kier alpha value is -0.0300. The maximum atomic E-state index is 12.1. The molecule has 0 fully saturated rings. The summed E-state index contributed by atoms with van der Waals surface area (Å²) in [7, 11) is -1.07. The Morgan fingerprint density at radius 2 is 2.00 bits per heavy atom. The number of hydrogen-bond acceptors (Lipinski definition) is 1. The molecule has 1 rings (SSSR count). The van der Waals surface area contributed by atoms with Gasteiger partial charge in [0.25, 0.3) is 0 Å². The number of hydrogen-bond donors (Lipinski definition) is 1. The Kier molecular flexibility index (Phi) is 7.52. The van der Waals surface area contributed by atoms with Crippen LogP contribution in [0, 0.1) is 0 Å². The zero-order chi connectivity index (χ0) is 13.1. The molecule has 104 valence electrons. The van der Waals surface area contributed by atoms with Crippen LogP contribution in [0.4, 0.5) is 0 Å². The fourth-order valence-corrected chi connectivity index (χ4v) is 2.53. The van der Waals surface area contributed by atoms with E-state index < -0.39 is 11.0 Å². The summed E-state index contributed by atoms with van der Waals surface area (Å²) in [5.41, 5.74) is 1.08. The van der Waals surface area contributed by atoms with Gasteiger partial charge in [0.15, 0.2) is 0 Å². The summed E-state index contributed by atoms with van der Waals surface area (Å²) < 4.78 is 15.0. The van der Waals surface area contributed by atoms with Crippen LogP contribution in [0.3, 0.4) is 0 Å². The van der Waals surface area contributed by atoms with Crippen molar-refractivity contribution in [3.63, 3.8) is 0 Å². The van der Waals surface area contributed by atoms with Crippen molar-refractivity contribution >= 4 is 36.1 Å². The van der Waals surface area contributed by atoms with Crippen molar-refractivity contribution in [2.45, 2.75) is 44.9 Å². The molecule has 0 amide bonds. The Morgan fingerprint density at radius 1 is 1.39 bits per heavy atom. The van der Waals surface area contributed by atoms with E-state index in [1.807, 2.05) is 45.0 Å². The molecule has 0 spiro atoms. The highest BCUT2D eigenvalue weighted by Gasteiger charge is 2.22. The average molecular weight is 308 g/mol. The van der Waals surface area contributed by atoms with Gasteiger partial charge in [-0.3, -0.25) is 0 Å². The van der Waals surface area contributed by atoms with Gasteiger partial charge < -0.3 is 0 Å². The Labute approximate surface area is 125 Å². The molecule has 18 heavy (non-hydrogen) atoms. The largest absolute Gasteiger partial charge is 0.242 e. The molecule has 5 heteroatoms. The van der Waals surface area contributed by atoms with E-state index in [-0.39, 0.29) is 24.3 Å². The highest BCUT2D eigenvalue weighted by molar-refractivity contribution is 7.84. The minimum absolute atomic E-state index is 0. The summed E-state index contributed by atoms with van der Waals surface area (Å²) in [6, 6.07) is 7.77. The van der Waals surface area contributed by atoms with E-state index in [4.69, 9.17) is 11.6 Å². The second-order valence-corrected chi connectivity index (χ2v) is 7.45. The van der Waals surface area contributed by atoms with E-state index in [9.17, 15) is 4.21 Å². The van der Waals surface area contributed by atoms with E-state index in [0.29, 0.717) is 5.02 Å². The van der Waals surface area contributed by atoms with Crippen molar-refractivity contribution in [2.75, 3.05) is 0 Å². The zero-order valence-corrected chi connectivity index (χ0v) is 13.9. The first-order chi connectivity index (χ1) is 7.84. The van der Waals surface area contributed by atoms with Gasteiger partial charge in [-0.05, 0) is 44.9 Å². The molecule has 0 aliphatic rings. The number of halogens is 1. The second kappa shape index (κ2) is 7.53. The molecular formula is C13H22ClNOS2.